The van der Waals surface area contributed by atoms with Gasteiger partial charge in [0.2, 0.25) is 20.0 Å². The summed E-state index contributed by atoms with van der Waals surface area (Å²) in [5.74, 6) is 0.344. The Morgan fingerprint density at radius 3 is 2.54 bits per heavy atom. The Labute approximate surface area is 166 Å². The molecule has 0 aromatic heterocycles. The van der Waals surface area contributed by atoms with E-state index in [1.165, 1.54) is 11.4 Å². The van der Waals surface area contributed by atoms with Crippen molar-refractivity contribution in [2.75, 3.05) is 24.1 Å². The van der Waals surface area contributed by atoms with Crippen LogP contribution in [0.25, 0.3) is 0 Å². The zero-order valence-electron chi connectivity index (χ0n) is 15.9. The second kappa shape index (κ2) is 8.10. The molecule has 0 bridgehead atoms. The number of fused-ring (bicyclic) bond motifs is 1. The zero-order chi connectivity index (χ0) is 20.4. The van der Waals surface area contributed by atoms with Crippen LogP contribution >= 0.6 is 0 Å². The summed E-state index contributed by atoms with van der Waals surface area (Å²) >= 11 is 0. The minimum atomic E-state index is -3.66. The molecule has 7 nitrogen and oxygen atoms in total. The topological polar surface area (TPSA) is 92.8 Å². The van der Waals surface area contributed by atoms with Gasteiger partial charge in [0.05, 0.1) is 18.6 Å². The molecule has 9 heteroatoms. The molecule has 1 N–H and O–H groups in total. The molecule has 152 valence electrons. The monoisotopic (exact) mass is 424 g/mol. The SMILES string of the molecule is CCS(=O)(=O)N1CCc2ccc(NS(=O)(=O)Cc3ccccc3OC)cc2C1. The lowest BCUT2D eigenvalue weighted by Crippen LogP contribution is -2.36. The van der Waals surface area contributed by atoms with Crippen LogP contribution in [0.4, 0.5) is 5.69 Å². The number of methoxy groups -OCH3 is 1. The van der Waals surface area contributed by atoms with Crippen molar-refractivity contribution < 1.29 is 21.6 Å². The van der Waals surface area contributed by atoms with Crippen molar-refractivity contribution in [3.05, 3.63) is 59.2 Å². The Kier molecular flexibility index (Phi) is 5.97. The van der Waals surface area contributed by atoms with Crippen LogP contribution in [0, 0.1) is 0 Å². The second-order valence-corrected chi connectivity index (χ2v) is 10.6. The highest BCUT2D eigenvalue weighted by Gasteiger charge is 2.25. The van der Waals surface area contributed by atoms with E-state index in [0.29, 0.717) is 30.0 Å². The first-order chi connectivity index (χ1) is 13.2. The number of sulfonamides is 2. The van der Waals surface area contributed by atoms with Crippen molar-refractivity contribution in [1.29, 1.82) is 0 Å². The maximum atomic E-state index is 12.6. The lowest BCUT2D eigenvalue weighted by atomic mass is 10.0. The number of benzene rings is 2. The molecule has 2 aromatic rings. The van der Waals surface area contributed by atoms with E-state index in [4.69, 9.17) is 4.74 Å². The van der Waals surface area contributed by atoms with Gasteiger partial charge in [-0.2, -0.15) is 4.31 Å². The third kappa shape index (κ3) is 4.65. The van der Waals surface area contributed by atoms with Crippen LogP contribution in [-0.2, 0) is 38.8 Å². The van der Waals surface area contributed by atoms with Gasteiger partial charge in [-0.1, -0.05) is 24.3 Å². The van der Waals surface area contributed by atoms with Gasteiger partial charge in [0.1, 0.15) is 5.75 Å². The maximum absolute atomic E-state index is 12.6. The van der Waals surface area contributed by atoms with Gasteiger partial charge >= 0.3 is 0 Å². The summed E-state index contributed by atoms with van der Waals surface area (Å²) in [5, 5.41) is 0. The molecule has 0 atom stereocenters. The standard InChI is InChI=1S/C19H24N2O5S2/c1-3-28(24,25)21-11-10-15-8-9-18(12-17(15)13-21)20-27(22,23)14-16-6-4-5-7-19(16)26-2/h4-9,12,20H,3,10-11,13-14H2,1-2H3. The highest BCUT2D eigenvalue weighted by atomic mass is 32.2. The van der Waals surface area contributed by atoms with Gasteiger partial charge in [0, 0.05) is 24.3 Å². The van der Waals surface area contributed by atoms with E-state index in [0.717, 1.165) is 11.1 Å². The number of ether oxygens (including phenoxy) is 1. The van der Waals surface area contributed by atoms with Gasteiger partial charge in [-0.15, -0.1) is 0 Å². The number of hydrogen-bond donors (Lipinski definition) is 1. The summed E-state index contributed by atoms with van der Waals surface area (Å²) in [7, 11) is -5.44. The normalized spacial score (nSPS) is 15.1. The maximum Gasteiger partial charge on any atom is 0.237 e. The minimum absolute atomic E-state index is 0.0492. The van der Waals surface area contributed by atoms with E-state index in [1.54, 1.807) is 43.3 Å². The largest absolute Gasteiger partial charge is 0.496 e. The van der Waals surface area contributed by atoms with Gasteiger partial charge in [-0.25, -0.2) is 16.8 Å². The number of nitrogens with one attached hydrogen (secondary N) is 1. The number of rotatable bonds is 7. The molecule has 0 fully saturated rings. The smallest absolute Gasteiger partial charge is 0.237 e. The fourth-order valence-electron chi connectivity index (χ4n) is 3.26. The Morgan fingerprint density at radius 2 is 1.82 bits per heavy atom. The molecule has 0 saturated heterocycles. The van der Waals surface area contributed by atoms with Crippen molar-refractivity contribution in [2.45, 2.75) is 25.6 Å². The first kappa shape index (κ1) is 20.6. The van der Waals surface area contributed by atoms with E-state index in [-0.39, 0.29) is 18.1 Å². The molecule has 0 aliphatic carbocycles. The van der Waals surface area contributed by atoms with Crippen LogP contribution in [0.5, 0.6) is 5.75 Å². The highest BCUT2D eigenvalue weighted by Crippen LogP contribution is 2.26. The second-order valence-electron chi connectivity index (χ2n) is 6.64. The Balaban J connectivity index is 1.79. The van der Waals surface area contributed by atoms with Crippen LogP contribution in [0.15, 0.2) is 42.5 Å². The molecule has 28 heavy (non-hydrogen) atoms. The molecule has 1 aliphatic rings. The van der Waals surface area contributed by atoms with Crippen molar-refractivity contribution in [2.24, 2.45) is 0 Å². The molecular weight excluding hydrogens is 400 g/mol. The summed E-state index contributed by atoms with van der Waals surface area (Å²) in [6, 6.07) is 12.2. The van der Waals surface area contributed by atoms with Crippen molar-refractivity contribution in [1.82, 2.24) is 4.31 Å². The Hall–Kier alpha value is -2.10. The van der Waals surface area contributed by atoms with E-state index in [2.05, 4.69) is 4.72 Å². The van der Waals surface area contributed by atoms with Crippen molar-refractivity contribution >= 4 is 25.7 Å². The average Bonchev–Trinajstić information content (AvgIpc) is 2.67. The zero-order valence-corrected chi connectivity index (χ0v) is 17.5. The molecule has 1 aliphatic heterocycles. The van der Waals surface area contributed by atoms with Crippen LogP contribution in [0.3, 0.4) is 0 Å². The van der Waals surface area contributed by atoms with Gasteiger partial charge in [0.15, 0.2) is 0 Å². The molecule has 1 heterocycles. The third-order valence-electron chi connectivity index (χ3n) is 4.75. The minimum Gasteiger partial charge on any atom is -0.496 e. The molecule has 0 saturated carbocycles. The molecule has 0 amide bonds. The van der Waals surface area contributed by atoms with E-state index < -0.39 is 20.0 Å². The third-order valence-corrected chi connectivity index (χ3v) is 7.82. The summed E-state index contributed by atoms with van der Waals surface area (Å²) in [5.41, 5.74) is 2.84. The van der Waals surface area contributed by atoms with E-state index in [9.17, 15) is 16.8 Å². The summed E-state index contributed by atoms with van der Waals surface area (Å²) in [6.45, 7) is 2.32. The predicted octanol–water partition coefficient (Wildman–Crippen LogP) is 2.34. The van der Waals surface area contributed by atoms with Crippen LogP contribution in [0.2, 0.25) is 0 Å². The summed E-state index contributed by atoms with van der Waals surface area (Å²) in [4.78, 5) is 0. The quantitative estimate of drug-likeness (QED) is 0.736. The van der Waals surface area contributed by atoms with Gasteiger partial charge < -0.3 is 4.74 Å². The number of anilines is 1. The lowest BCUT2D eigenvalue weighted by molar-refractivity contribution is 0.392. The number of nitrogens with zero attached hydrogens (tertiary/aromatic N) is 1. The fraction of sp³-hybridized carbons (Fsp3) is 0.368. The number of para-hydroxylation sites is 1. The lowest BCUT2D eigenvalue weighted by Gasteiger charge is -2.28. The molecule has 0 unspecified atom stereocenters. The van der Waals surface area contributed by atoms with E-state index in [1.807, 2.05) is 6.07 Å². The van der Waals surface area contributed by atoms with Crippen LogP contribution < -0.4 is 9.46 Å². The first-order valence-electron chi connectivity index (χ1n) is 8.96. The van der Waals surface area contributed by atoms with E-state index >= 15 is 0 Å². The highest BCUT2D eigenvalue weighted by molar-refractivity contribution is 7.92. The van der Waals surface area contributed by atoms with Crippen molar-refractivity contribution in [3.63, 3.8) is 0 Å². The van der Waals surface area contributed by atoms with Crippen LogP contribution in [-0.4, -0.2) is 40.5 Å². The Morgan fingerprint density at radius 1 is 1.07 bits per heavy atom. The fourth-order valence-corrected chi connectivity index (χ4v) is 5.53. The van der Waals surface area contributed by atoms with Crippen LogP contribution in [0.1, 0.15) is 23.6 Å². The summed E-state index contributed by atoms with van der Waals surface area (Å²) < 4.78 is 58.7. The number of hydrogen-bond acceptors (Lipinski definition) is 5. The molecule has 0 radical (unpaired) electrons. The van der Waals surface area contributed by atoms with Crippen molar-refractivity contribution in [3.8, 4) is 5.75 Å². The predicted molar refractivity (Wildman–Crippen MR) is 109 cm³/mol. The van der Waals surface area contributed by atoms with Gasteiger partial charge in [0.25, 0.3) is 0 Å². The molecule has 3 rings (SSSR count). The molecule has 0 spiro atoms. The molecular formula is C19H24N2O5S2. The Bertz CT molecular complexity index is 1070. The first-order valence-corrected chi connectivity index (χ1v) is 12.2. The van der Waals surface area contributed by atoms with Gasteiger partial charge in [-0.3, -0.25) is 4.72 Å². The van der Waals surface area contributed by atoms with Gasteiger partial charge in [-0.05, 0) is 42.7 Å². The average molecular weight is 425 g/mol. The summed E-state index contributed by atoms with van der Waals surface area (Å²) in [6.07, 6.45) is 0.614. The molecule has 2 aromatic carbocycles.